The first-order chi connectivity index (χ1) is 17.3. The van der Waals surface area contributed by atoms with Crippen LogP contribution in [0.4, 0.5) is 0 Å². The number of rotatable bonds is 4. The fourth-order valence-corrected chi connectivity index (χ4v) is 4.75. The molecule has 0 bridgehead atoms. The lowest BCUT2D eigenvalue weighted by atomic mass is 9.98. The fraction of sp³-hybridized carbons (Fsp3) is 0. The summed E-state index contributed by atoms with van der Waals surface area (Å²) >= 11 is 0. The Morgan fingerprint density at radius 2 is 0.886 bits per heavy atom. The Morgan fingerprint density at radius 1 is 0.400 bits per heavy atom. The maximum atomic E-state index is 12.7. The van der Waals surface area contributed by atoms with Crippen LogP contribution >= 0.6 is 0 Å². The highest BCUT2D eigenvalue weighted by Gasteiger charge is 2.26. The summed E-state index contributed by atoms with van der Waals surface area (Å²) < 4.78 is 2.29. The van der Waals surface area contributed by atoms with Crippen LogP contribution in [0.2, 0.25) is 0 Å². The molecule has 166 valence electrons. The normalized spacial score (nSPS) is 11.0. The topological polar surface area (TPSA) is 26.9 Å². The van der Waals surface area contributed by atoms with Crippen LogP contribution in [0.3, 0.4) is 0 Å². The quantitative estimate of drug-likeness (QED) is 0.262. The first-order valence-corrected chi connectivity index (χ1v) is 11.7. The zero-order valence-electron chi connectivity index (χ0n) is 19.1. The average molecular weight is 450 g/mol. The van der Waals surface area contributed by atoms with E-state index in [4.69, 9.17) is 0 Å². The third kappa shape index (κ3) is 3.85. The molecule has 6 rings (SSSR count). The van der Waals surface area contributed by atoms with Gasteiger partial charge in [-0.2, -0.15) is 4.57 Å². The van der Waals surface area contributed by atoms with Crippen molar-refractivity contribution < 1.29 is 9.67 Å². The van der Waals surface area contributed by atoms with Crippen LogP contribution in [-0.4, -0.2) is 0 Å². The summed E-state index contributed by atoms with van der Waals surface area (Å²) in [7, 11) is 0. The Kier molecular flexibility index (Phi) is 5.32. The SMILES string of the molecule is [O-]c1cccc2c(-[n+]3c(-c4ccccc4)cc(-c4ccccc4)cc3-c3ccccc3)cccc12. The van der Waals surface area contributed by atoms with Gasteiger partial charge in [0.1, 0.15) is 0 Å². The third-order valence-corrected chi connectivity index (χ3v) is 6.41. The molecule has 0 amide bonds. The molecule has 0 N–H and O–H groups in total. The molecule has 0 spiro atoms. The molecule has 0 saturated heterocycles. The molecule has 0 radical (unpaired) electrons. The maximum Gasteiger partial charge on any atom is 0.219 e. The minimum absolute atomic E-state index is 0.0355. The highest BCUT2D eigenvalue weighted by atomic mass is 16.3. The molecule has 5 aromatic carbocycles. The second-order valence-corrected chi connectivity index (χ2v) is 8.58. The number of hydrogen-bond donors (Lipinski definition) is 0. The highest BCUT2D eigenvalue weighted by molar-refractivity contribution is 5.93. The number of aromatic nitrogens is 1. The van der Waals surface area contributed by atoms with Gasteiger partial charge in [-0.15, -0.1) is 5.75 Å². The molecule has 35 heavy (non-hydrogen) atoms. The molecule has 0 saturated carbocycles. The van der Waals surface area contributed by atoms with E-state index in [1.165, 1.54) is 0 Å². The first kappa shape index (κ1) is 20.9. The van der Waals surface area contributed by atoms with Gasteiger partial charge in [-0.1, -0.05) is 91.0 Å². The van der Waals surface area contributed by atoms with Crippen LogP contribution in [0.1, 0.15) is 0 Å². The summed E-state index contributed by atoms with van der Waals surface area (Å²) in [6.07, 6.45) is 0. The van der Waals surface area contributed by atoms with Gasteiger partial charge in [-0.3, -0.25) is 0 Å². The summed E-state index contributed by atoms with van der Waals surface area (Å²) in [5.41, 5.74) is 7.63. The van der Waals surface area contributed by atoms with Crippen LogP contribution in [0.15, 0.2) is 140 Å². The molecular formula is C33H23NO. The number of hydrogen-bond acceptors (Lipinski definition) is 1. The van der Waals surface area contributed by atoms with E-state index in [2.05, 4.69) is 95.6 Å². The molecule has 0 aliphatic heterocycles. The zero-order chi connectivity index (χ0) is 23.6. The minimum Gasteiger partial charge on any atom is -0.872 e. The van der Waals surface area contributed by atoms with E-state index in [-0.39, 0.29) is 5.75 Å². The lowest BCUT2D eigenvalue weighted by Crippen LogP contribution is -2.36. The third-order valence-electron chi connectivity index (χ3n) is 6.41. The van der Waals surface area contributed by atoms with Crippen LogP contribution in [0, 0.1) is 0 Å². The van der Waals surface area contributed by atoms with Gasteiger partial charge < -0.3 is 5.11 Å². The Balaban J connectivity index is 1.77. The molecule has 2 heteroatoms. The molecule has 0 atom stereocenters. The molecule has 6 aromatic rings. The molecule has 1 heterocycles. The standard InChI is InChI=1S/C33H23NO/c35-33-21-11-18-28-29(33)19-10-20-30(28)34-31(25-14-6-2-7-15-25)22-27(24-12-4-1-5-13-24)23-32(34)26-16-8-3-9-17-26/h1-23H. The van der Waals surface area contributed by atoms with Crippen molar-refractivity contribution in [1.82, 2.24) is 0 Å². The van der Waals surface area contributed by atoms with Crippen molar-refractivity contribution in [2.75, 3.05) is 0 Å². The number of fused-ring (bicyclic) bond motifs is 1. The van der Waals surface area contributed by atoms with E-state index < -0.39 is 0 Å². The smallest absolute Gasteiger partial charge is 0.219 e. The number of nitrogens with zero attached hydrogens (tertiary/aromatic N) is 1. The minimum atomic E-state index is 0.0355. The maximum absolute atomic E-state index is 12.7. The van der Waals surface area contributed by atoms with Crippen LogP contribution < -0.4 is 9.67 Å². The first-order valence-electron chi connectivity index (χ1n) is 11.7. The molecule has 0 fully saturated rings. The van der Waals surface area contributed by atoms with Gasteiger partial charge >= 0.3 is 0 Å². The highest BCUT2D eigenvalue weighted by Crippen LogP contribution is 2.33. The van der Waals surface area contributed by atoms with Crippen LogP contribution in [0.25, 0.3) is 50.1 Å². The van der Waals surface area contributed by atoms with Crippen molar-refractivity contribution >= 4 is 10.8 Å². The summed E-state index contributed by atoms with van der Waals surface area (Å²) in [4.78, 5) is 0. The molecule has 0 aliphatic rings. The van der Waals surface area contributed by atoms with Crippen molar-refractivity contribution in [3.63, 3.8) is 0 Å². The Morgan fingerprint density at radius 3 is 1.46 bits per heavy atom. The van der Waals surface area contributed by atoms with Crippen molar-refractivity contribution in [2.24, 2.45) is 0 Å². The summed E-state index contributed by atoms with van der Waals surface area (Å²) in [6.45, 7) is 0. The lowest BCUT2D eigenvalue weighted by molar-refractivity contribution is -0.570. The molecule has 2 nitrogen and oxygen atoms in total. The van der Waals surface area contributed by atoms with E-state index in [0.717, 1.165) is 50.1 Å². The van der Waals surface area contributed by atoms with E-state index in [9.17, 15) is 5.11 Å². The van der Waals surface area contributed by atoms with Gasteiger partial charge in [0.2, 0.25) is 17.1 Å². The van der Waals surface area contributed by atoms with E-state index in [0.29, 0.717) is 0 Å². The van der Waals surface area contributed by atoms with E-state index in [1.807, 2.05) is 42.5 Å². The fourth-order valence-electron chi connectivity index (χ4n) is 4.75. The summed E-state index contributed by atoms with van der Waals surface area (Å²) in [5.74, 6) is 0.0355. The summed E-state index contributed by atoms with van der Waals surface area (Å²) in [5, 5.41) is 14.4. The van der Waals surface area contributed by atoms with Crippen molar-refractivity contribution in [3.8, 4) is 45.1 Å². The van der Waals surface area contributed by atoms with E-state index >= 15 is 0 Å². The van der Waals surface area contributed by atoms with E-state index in [1.54, 1.807) is 6.07 Å². The van der Waals surface area contributed by atoms with Crippen molar-refractivity contribution in [1.29, 1.82) is 0 Å². The van der Waals surface area contributed by atoms with Gasteiger partial charge in [0.15, 0.2) is 0 Å². The largest absolute Gasteiger partial charge is 0.872 e. The Labute approximate surface area is 205 Å². The second kappa shape index (κ2) is 8.92. The Hall–Kier alpha value is -4.69. The number of benzene rings is 5. The average Bonchev–Trinajstić information content (AvgIpc) is 2.94. The monoisotopic (exact) mass is 449 g/mol. The molecular weight excluding hydrogens is 426 g/mol. The zero-order valence-corrected chi connectivity index (χ0v) is 19.1. The van der Waals surface area contributed by atoms with Crippen LogP contribution in [-0.2, 0) is 0 Å². The van der Waals surface area contributed by atoms with Crippen molar-refractivity contribution in [2.45, 2.75) is 0 Å². The van der Waals surface area contributed by atoms with Crippen molar-refractivity contribution in [3.05, 3.63) is 140 Å². The van der Waals surface area contributed by atoms with Crippen LogP contribution in [0.5, 0.6) is 5.75 Å². The van der Waals surface area contributed by atoms with Gasteiger partial charge in [-0.05, 0) is 46.8 Å². The van der Waals surface area contributed by atoms with Gasteiger partial charge in [0, 0.05) is 29.3 Å². The van der Waals surface area contributed by atoms with Gasteiger partial charge in [0.25, 0.3) is 0 Å². The lowest BCUT2D eigenvalue weighted by Gasteiger charge is -2.15. The molecule has 0 aliphatic carbocycles. The van der Waals surface area contributed by atoms with Gasteiger partial charge in [0.05, 0.1) is 5.39 Å². The molecule has 1 aromatic heterocycles. The summed E-state index contributed by atoms with van der Waals surface area (Å²) in [6, 6.07) is 47.3. The van der Waals surface area contributed by atoms with Gasteiger partial charge in [-0.25, -0.2) is 0 Å². The predicted molar refractivity (Wildman–Crippen MR) is 141 cm³/mol. The number of pyridine rings is 1. The second-order valence-electron chi connectivity index (χ2n) is 8.58. The predicted octanol–water partition coefficient (Wildman–Crippen LogP) is 7.19. The molecule has 0 unspecified atom stereocenters. The Bertz CT molecular complexity index is 1560.